The van der Waals surface area contributed by atoms with Crippen molar-refractivity contribution >= 4 is 15.7 Å². The highest BCUT2D eigenvalue weighted by molar-refractivity contribution is 7.89. The highest BCUT2D eigenvalue weighted by Gasteiger charge is 2.32. The van der Waals surface area contributed by atoms with Crippen molar-refractivity contribution in [2.75, 3.05) is 6.61 Å². The first-order valence-electron chi connectivity index (χ1n) is 6.42. The van der Waals surface area contributed by atoms with Gasteiger partial charge in [-0.1, -0.05) is 6.42 Å². The summed E-state index contributed by atoms with van der Waals surface area (Å²) in [7, 11) is -4.21. The van der Waals surface area contributed by atoms with Crippen molar-refractivity contribution in [2.45, 2.75) is 30.2 Å². The van der Waals surface area contributed by atoms with Crippen LogP contribution in [0.2, 0.25) is 0 Å². The Bertz CT molecular complexity index is 649. The van der Waals surface area contributed by atoms with E-state index in [1.807, 2.05) is 0 Å². The Morgan fingerprint density at radius 2 is 2.14 bits per heavy atom. The second-order valence-corrected chi connectivity index (χ2v) is 6.66. The van der Waals surface area contributed by atoms with Crippen LogP contribution in [0.3, 0.4) is 0 Å². The lowest BCUT2D eigenvalue weighted by Gasteiger charge is -2.19. The van der Waals surface area contributed by atoms with E-state index in [4.69, 9.17) is 0 Å². The van der Waals surface area contributed by atoms with Gasteiger partial charge in [-0.25, -0.2) is 17.5 Å². The van der Waals surface area contributed by atoms with Crippen LogP contribution < -0.4 is 4.72 Å². The van der Waals surface area contributed by atoms with Crippen LogP contribution in [0.1, 0.15) is 19.3 Å². The molecular weight excluding hydrogens is 303 g/mol. The van der Waals surface area contributed by atoms with Crippen molar-refractivity contribution in [1.29, 1.82) is 0 Å². The van der Waals surface area contributed by atoms with Crippen LogP contribution in [-0.4, -0.2) is 31.1 Å². The zero-order valence-corrected chi connectivity index (χ0v) is 11.8. The Labute approximate surface area is 121 Å². The number of hydrogen-bond acceptors (Lipinski definition) is 5. The summed E-state index contributed by atoms with van der Waals surface area (Å²) < 4.78 is 40.4. The molecule has 1 aliphatic carbocycles. The normalized spacial score (nSPS) is 22.4. The van der Waals surface area contributed by atoms with E-state index in [2.05, 4.69) is 4.72 Å². The van der Waals surface area contributed by atoms with Gasteiger partial charge in [-0.15, -0.1) is 0 Å². The van der Waals surface area contributed by atoms with Crippen LogP contribution in [-0.2, 0) is 10.0 Å². The van der Waals surface area contributed by atoms with Crippen LogP contribution in [0, 0.1) is 21.8 Å². The Balaban J connectivity index is 2.31. The fraction of sp³-hybridized carbons (Fsp3) is 0.500. The average Bonchev–Trinajstić information content (AvgIpc) is 2.85. The maximum Gasteiger partial charge on any atom is 0.270 e. The Kier molecular flexibility index (Phi) is 4.55. The van der Waals surface area contributed by atoms with E-state index in [1.54, 1.807) is 0 Å². The number of rotatable bonds is 5. The number of nitrogens with zero attached hydrogens (tertiary/aromatic N) is 1. The van der Waals surface area contributed by atoms with E-state index < -0.39 is 37.4 Å². The minimum Gasteiger partial charge on any atom is -0.396 e. The van der Waals surface area contributed by atoms with E-state index in [-0.39, 0.29) is 12.5 Å². The number of nitro benzene ring substituents is 1. The number of halogens is 1. The van der Waals surface area contributed by atoms with E-state index in [1.165, 1.54) is 0 Å². The summed E-state index contributed by atoms with van der Waals surface area (Å²) in [6.07, 6.45) is 1.98. The van der Waals surface area contributed by atoms with Crippen molar-refractivity contribution in [3.8, 4) is 0 Å². The number of nitro groups is 1. The molecular formula is C12H15FN2O5S. The fourth-order valence-corrected chi connectivity index (χ4v) is 3.92. The van der Waals surface area contributed by atoms with Gasteiger partial charge in [0.2, 0.25) is 10.0 Å². The number of hydrogen-bond donors (Lipinski definition) is 2. The molecule has 2 rings (SSSR count). The molecule has 0 aromatic heterocycles. The maximum absolute atomic E-state index is 13.7. The molecule has 1 aliphatic rings. The molecule has 0 aliphatic heterocycles. The average molecular weight is 318 g/mol. The summed E-state index contributed by atoms with van der Waals surface area (Å²) in [4.78, 5) is 9.13. The molecule has 2 unspecified atom stereocenters. The van der Waals surface area contributed by atoms with Crippen molar-refractivity contribution in [2.24, 2.45) is 5.92 Å². The van der Waals surface area contributed by atoms with Crippen LogP contribution in [0.5, 0.6) is 0 Å². The number of benzene rings is 1. The Morgan fingerprint density at radius 1 is 1.43 bits per heavy atom. The van der Waals surface area contributed by atoms with Gasteiger partial charge in [0.25, 0.3) is 5.69 Å². The van der Waals surface area contributed by atoms with Gasteiger partial charge in [-0.2, -0.15) is 0 Å². The highest BCUT2D eigenvalue weighted by atomic mass is 32.2. The molecule has 9 heteroatoms. The minimum atomic E-state index is -4.21. The topological polar surface area (TPSA) is 110 Å². The Hall–Kier alpha value is -1.58. The molecule has 1 aromatic carbocycles. The maximum atomic E-state index is 13.7. The standard InChI is InChI=1S/C12H15FN2O5S/c13-10-5-4-9(15(17)18)6-12(10)21(19,20)14-11-3-1-2-8(11)7-16/h4-6,8,11,14,16H,1-3,7H2. The molecule has 0 spiro atoms. The molecule has 0 amide bonds. The van der Waals surface area contributed by atoms with Crippen molar-refractivity contribution in [3.63, 3.8) is 0 Å². The first-order valence-corrected chi connectivity index (χ1v) is 7.90. The fourth-order valence-electron chi connectivity index (χ4n) is 2.48. The summed E-state index contributed by atoms with van der Waals surface area (Å²) in [5.41, 5.74) is -0.498. The van der Waals surface area contributed by atoms with Crippen LogP contribution in [0.15, 0.2) is 23.1 Å². The van der Waals surface area contributed by atoms with Crippen molar-refractivity contribution < 1.29 is 22.8 Å². The smallest absolute Gasteiger partial charge is 0.270 e. The predicted octanol–water partition coefficient (Wildman–Crippen LogP) is 1.17. The van der Waals surface area contributed by atoms with Gasteiger partial charge in [0, 0.05) is 24.8 Å². The van der Waals surface area contributed by atoms with E-state index in [0.717, 1.165) is 18.6 Å². The van der Waals surface area contributed by atoms with Gasteiger partial charge in [-0.05, 0) is 24.8 Å². The molecule has 1 aromatic rings. The summed E-state index contributed by atoms with van der Waals surface area (Å²) in [6, 6.07) is 1.87. The summed E-state index contributed by atoms with van der Waals surface area (Å²) in [5, 5.41) is 19.8. The van der Waals surface area contributed by atoms with Crippen molar-refractivity contribution in [3.05, 3.63) is 34.1 Å². The third-order valence-electron chi connectivity index (χ3n) is 3.62. The SMILES string of the molecule is O=[N+]([O-])c1ccc(F)c(S(=O)(=O)NC2CCCC2CO)c1. The zero-order chi connectivity index (χ0) is 15.6. The van der Waals surface area contributed by atoms with Crippen LogP contribution in [0.25, 0.3) is 0 Å². The summed E-state index contributed by atoms with van der Waals surface area (Å²) >= 11 is 0. The van der Waals surface area contributed by atoms with E-state index in [0.29, 0.717) is 18.9 Å². The number of aliphatic hydroxyl groups excluding tert-OH is 1. The number of sulfonamides is 1. The largest absolute Gasteiger partial charge is 0.396 e. The van der Waals surface area contributed by atoms with Gasteiger partial charge in [0.15, 0.2) is 0 Å². The second kappa shape index (κ2) is 6.04. The molecule has 7 nitrogen and oxygen atoms in total. The van der Waals surface area contributed by atoms with Gasteiger partial charge in [0.1, 0.15) is 10.7 Å². The molecule has 0 heterocycles. The number of nitrogens with one attached hydrogen (secondary N) is 1. The second-order valence-electron chi connectivity index (χ2n) is 4.97. The molecule has 0 radical (unpaired) electrons. The van der Waals surface area contributed by atoms with Crippen molar-refractivity contribution in [1.82, 2.24) is 4.72 Å². The van der Waals surface area contributed by atoms with Gasteiger partial charge < -0.3 is 5.11 Å². The first-order chi connectivity index (χ1) is 9.85. The van der Waals surface area contributed by atoms with Gasteiger partial charge in [-0.3, -0.25) is 10.1 Å². The lowest BCUT2D eigenvalue weighted by molar-refractivity contribution is -0.385. The quantitative estimate of drug-likeness (QED) is 0.625. The highest BCUT2D eigenvalue weighted by Crippen LogP contribution is 2.28. The number of aliphatic hydroxyl groups is 1. The van der Waals surface area contributed by atoms with Crippen LogP contribution >= 0.6 is 0 Å². The minimum absolute atomic E-state index is 0.162. The monoisotopic (exact) mass is 318 g/mol. The number of non-ortho nitro benzene ring substituents is 1. The van der Waals surface area contributed by atoms with Gasteiger partial charge >= 0.3 is 0 Å². The lowest BCUT2D eigenvalue weighted by Crippen LogP contribution is -2.38. The molecule has 0 saturated heterocycles. The van der Waals surface area contributed by atoms with E-state index >= 15 is 0 Å². The molecule has 21 heavy (non-hydrogen) atoms. The zero-order valence-electron chi connectivity index (χ0n) is 11.0. The summed E-state index contributed by atoms with van der Waals surface area (Å²) in [6.45, 7) is -0.162. The first kappa shape index (κ1) is 15.8. The molecule has 2 N–H and O–H groups in total. The molecule has 2 atom stereocenters. The van der Waals surface area contributed by atoms with Gasteiger partial charge in [0.05, 0.1) is 4.92 Å². The third kappa shape index (κ3) is 3.36. The molecule has 0 bridgehead atoms. The third-order valence-corrected chi connectivity index (χ3v) is 5.12. The molecule has 1 fully saturated rings. The Morgan fingerprint density at radius 3 is 2.76 bits per heavy atom. The van der Waals surface area contributed by atoms with Crippen LogP contribution in [0.4, 0.5) is 10.1 Å². The lowest BCUT2D eigenvalue weighted by atomic mass is 10.1. The van der Waals surface area contributed by atoms with E-state index in [9.17, 15) is 28.0 Å². The molecule has 1 saturated carbocycles. The molecule has 116 valence electrons. The summed E-state index contributed by atoms with van der Waals surface area (Å²) in [5.74, 6) is -1.27. The predicted molar refractivity (Wildman–Crippen MR) is 71.6 cm³/mol.